The molecule has 4 rings (SSSR count). The van der Waals surface area contributed by atoms with Crippen LogP contribution in [-0.2, 0) is 16.1 Å². The molecule has 0 atom stereocenters. The Morgan fingerprint density at radius 3 is 2.81 bits per heavy atom. The summed E-state index contributed by atoms with van der Waals surface area (Å²) in [6.07, 6.45) is 5.65. The normalized spacial score (nSPS) is 12.4. The molecule has 32 heavy (non-hydrogen) atoms. The first-order chi connectivity index (χ1) is 15.6. The summed E-state index contributed by atoms with van der Waals surface area (Å²) in [7, 11) is 0. The summed E-state index contributed by atoms with van der Waals surface area (Å²) in [6.45, 7) is 3.24. The molecule has 9 nitrogen and oxygen atoms in total. The van der Waals surface area contributed by atoms with Crippen molar-refractivity contribution in [2.45, 2.75) is 55.6 Å². The van der Waals surface area contributed by atoms with Crippen LogP contribution >= 0.6 is 34.4 Å². The van der Waals surface area contributed by atoms with Crippen molar-refractivity contribution >= 4 is 57.3 Å². The molecule has 0 bridgehead atoms. The van der Waals surface area contributed by atoms with Crippen LogP contribution in [0.4, 0.5) is 5.82 Å². The zero-order valence-corrected chi connectivity index (χ0v) is 20.6. The van der Waals surface area contributed by atoms with E-state index in [1.807, 2.05) is 19.1 Å². The maximum absolute atomic E-state index is 11.5. The molecule has 1 aliphatic heterocycles. The average molecular weight is 569 g/mol. The second-order valence-electron chi connectivity index (χ2n) is 7.18. The zero-order valence-electron chi connectivity index (χ0n) is 17.7. The highest BCUT2D eigenvalue weighted by Crippen LogP contribution is 2.41. The number of hydrogen-bond acceptors (Lipinski definition) is 9. The van der Waals surface area contributed by atoms with E-state index in [4.69, 9.17) is 24.9 Å². The zero-order chi connectivity index (χ0) is 22.5. The van der Waals surface area contributed by atoms with Gasteiger partial charge in [0.2, 0.25) is 6.79 Å². The molecule has 1 aliphatic rings. The molecule has 2 aromatic heterocycles. The Morgan fingerprint density at radius 1 is 1.22 bits per heavy atom. The summed E-state index contributed by atoms with van der Waals surface area (Å²) in [4.78, 5) is 25.8. The van der Waals surface area contributed by atoms with Crippen molar-refractivity contribution in [3.63, 3.8) is 0 Å². The van der Waals surface area contributed by atoms with Crippen LogP contribution in [0.3, 0.4) is 0 Å². The van der Waals surface area contributed by atoms with Gasteiger partial charge in [0.05, 0.1) is 6.61 Å². The van der Waals surface area contributed by atoms with E-state index in [1.54, 1.807) is 11.8 Å². The van der Waals surface area contributed by atoms with Crippen molar-refractivity contribution < 1.29 is 19.0 Å². The van der Waals surface area contributed by atoms with Gasteiger partial charge in [0, 0.05) is 21.4 Å². The van der Waals surface area contributed by atoms with Gasteiger partial charge in [-0.25, -0.2) is 15.0 Å². The monoisotopic (exact) mass is 569 g/mol. The first-order valence-corrected chi connectivity index (χ1v) is 12.4. The van der Waals surface area contributed by atoms with Gasteiger partial charge in [-0.05, 0) is 54.5 Å². The number of imidazole rings is 1. The molecule has 0 saturated carbocycles. The number of carbonyl (C=O) groups excluding carboxylic acids is 1. The number of rotatable bonds is 10. The minimum atomic E-state index is -0.128. The number of hydrogen-bond donors (Lipinski definition) is 1. The van der Waals surface area contributed by atoms with Gasteiger partial charge in [-0.15, -0.1) is 0 Å². The molecule has 2 N–H and O–H groups in total. The Labute approximate surface area is 203 Å². The Morgan fingerprint density at radius 2 is 2.00 bits per heavy atom. The summed E-state index contributed by atoms with van der Waals surface area (Å²) in [5.74, 6) is 1.73. The van der Waals surface area contributed by atoms with Crippen LogP contribution in [0, 0.1) is 3.57 Å². The number of nitrogens with two attached hydrogens (primary N) is 1. The third-order valence-electron chi connectivity index (χ3n) is 4.97. The van der Waals surface area contributed by atoms with E-state index in [0.717, 1.165) is 63.0 Å². The molecule has 1 aromatic carbocycles. The molecule has 11 heteroatoms. The van der Waals surface area contributed by atoms with Gasteiger partial charge in [0.1, 0.15) is 6.33 Å². The van der Waals surface area contributed by atoms with E-state index in [-0.39, 0.29) is 12.8 Å². The van der Waals surface area contributed by atoms with Gasteiger partial charge >= 0.3 is 5.97 Å². The number of anilines is 1. The number of nitrogens with zero attached hydrogens (tertiary/aromatic N) is 4. The smallest absolute Gasteiger partial charge is 0.305 e. The molecule has 0 spiro atoms. The van der Waals surface area contributed by atoms with Crippen molar-refractivity contribution in [3.8, 4) is 11.5 Å². The summed E-state index contributed by atoms with van der Waals surface area (Å²) in [5.41, 5.74) is 7.39. The van der Waals surface area contributed by atoms with Gasteiger partial charge in [-0.2, -0.15) is 0 Å². The quantitative estimate of drug-likeness (QED) is 0.216. The predicted molar refractivity (Wildman–Crippen MR) is 129 cm³/mol. The lowest BCUT2D eigenvalue weighted by molar-refractivity contribution is -0.143. The molecular weight excluding hydrogens is 545 g/mol. The van der Waals surface area contributed by atoms with E-state index >= 15 is 0 Å². The van der Waals surface area contributed by atoms with Crippen LogP contribution in [0.1, 0.15) is 39.0 Å². The molecule has 0 saturated heterocycles. The highest BCUT2D eigenvalue weighted by atomic mass is 127. The van der Waals surface area contributed by atoms with Crippen LogP contribution in [0.15, 0.2) is 28.5 Å². The van der Waals surface area contributed by atoms with Crippen LogP contribution in [0.2, 0.25) is 0 Å². The summed E-state index contributed by atoms with van der Waals surface area (Å²) in [5, 5.41) is 0.801. The molecule has 0 aliphatic carbocycles. The fourth-order valence-corrected chi connectivity index (χ4v) is 5.13. The highest BCUT2D eigenvalue weighted by molar-refractivity contribution is 14.1. The van der Waals surface area contributed by atoms with Gasteiger partial charge in [0.25, 0.3) is 0 Å². The highest BCUT2D eigenvalue weighted by Gasteiger charge is 2.20. The number of aromatic nitrogens is 4. The predicted octanol–water partition coefficient (Wildman–Crippen LogP) is 4.41. The van der Waals surface area contributed by atoms with Gasteiger partial charge < -0.3 is 24.5 Å². The Hall–Kier alpha value is -2.28. The second-order valence-corrected chi connectivity index (χ2v) is 9.36. The van der Waals surface area contributed by atoms with Crippen LogP contribution < -0.4 is 15.2 Å². The summed E-state index contributed by atoms with van der Waals surface area (Å²) in [6, 6.07) is 3.94. The maximum Gasteiger partial charge on any atom is 0.305 e. The van der Waals surface area contributed by atoms with Crippen molar-refractivity contribution in [2.75, 3.05) is 19.1 Å². The third kappa shape index (κ3) is 5.20. The van der Waals surface area contributed by atoms with Crippen molar-refractivity contribution in [3.05, 3.63) is 22.0 Å². The van der Waals surface area contributed by atoms with Crippen molar-refractivity contribution in [1.29, 1.82) is 0 Å². The third-order valence-corrected chi connectivity index (χ3v) is 7.28. The first kappa shape index (κ1) is 22.9. The molecule has 0 radical (unpaired) electrons. The minimum Gasteiger partial charge on any atom is -0.466 e. The number of esters is 1. The van der Waals surface area contributed by atoms with E-state index in [0.29, 0.717) is 24.4 Å². The summed E-state index contributed by atoms with van der Waals surface area (Å²) < 4.78 is 19.1. The maximum atomic E-state index is 11.5. The van der Waals surface area contributed by atoms with Gasteiger partial charge in [-0.1, -0.05) is 24.6 Å². The van der Waals surface area contributed by atoms with E-state index in [1.165, 1.54) is 6.33 Å². The minimum absolute atomic E-state index is 0.128. The number of fused-ring (bicyclic) bond motifs is 2. The number of carbonyl (C=O) groups is 1. The lowest BCUT2D eigenvalue weighted by Gasteiger charge is -2.10. The average Bonchev–Trinajstić information content (AvgIpc) is 3.36. The fourth-order valence-electron chi connectivity index (χ4n) is 3.41. The van der Waals surface area contributed by atoms with Crippen LogP contribution in [-0.4, -0.2) is 38.9 Å². The van der Waals surface area contributed by atoms with Gasteiger partial charge in [-0.3, -0.25) is 4.79 Å². The lowest BCUT2D eigenvalue weighted by atomic mass is 10.1. The first-order valence-electron chi connectivity index (χ1n) is 10.5. The number of unbranched alkanes of at least 4 members (excludes halogenated alkanes) is 3. The molecule has 0 unspecified atom stereocenters. The van der Waals surface area contributed by atoms with Crippen LogP contribution in [0.5, 0.6) is 11.5 Å². The second kappa shape index (κ2) is 10.6. The number of halogens is 1. The topological polar surface area (TPSA) is 114 Å². The largest absolute Gasteiger partial charge is 0.466 e. The molecule has 0 fully saturated rings. The van der Waals surface area contributed by atoms with Crippen LogP contribution in [0.25, 0.3) is 11.2 Å². The molecular formula is C21H24IN5O4S. The molecule has 0 amide bonds. The molecule has 3 aromatic rings. The Kier molecular flexibility index (Phi) is 7.55. The SMILES string of the molecule is CCOC(=O)CCCCCCn1c(Sc2cc3c(cc2I)OCO3)nc2c(N)ncnc21. The number of ether oxygens (including phenoxy) is 3. The fraction of sp³-hybridized carbons (Fsp3) is 0.429. The number of nitrogen functional groups attached to an aromatic ring is 1. The van der Waals surface area contributed by atoms with E-state index in [2.05, 4.69) is 37.1 Å². The van der Waals surface area contributed by atoms with Crippen molar-refractivity contribution in [2.24, 2.45) is 0 Å². The number of aryl methyl sites for hydroxylation is 1. The molecule has 3 heterocycles. The van der Waals surface area contributed by atoms with Crippen molar-refractivity contribution in [1.82, 2.24) is 19.5 Å². The Balaban J connectivity index is 1.48. The van der Waals surface area contributed by atoms with E-state index < -0.39 is 0 Å². The Bertz CT molecular complexity index is 1120. The molecule has 170 valence electrons. The summed E-state index contributed by atoms with van der Waals surface area (Å²) >= 11 is 3.83. The standard InChI is InChI=1S/C21H24IN5O4S/c1-2-29-17(28)7-5-3-4-6-8-27-20-18(19(23)24-11-25-20)26-21(27)32-16-10-15-14(9-13(16)22)30-12-31-15/h9-11H,2-8,12H2,1H3,(H2,23,24,25). The van der Waals surface area contributed by atoms with E-state index in [9.17, 15) is 4.79 Å². The van der Waals surface area contributed by atoms with Gasteiger partial charge in [0.15, 0.2) is 33.6 Å². The number of benzene rings is 1. The lowest BCUT2D eigenvalue weighted by Crippen LogP contribution is -2.04.